The molecule has 1 aliphatic rings. The number of nitrogens with one attached hydrogen (secondary N) is 1. The summed E-state index contributed by atoms with van der Waals surface area (Å²) in [5.41, 5.74) is 4.05. The Kier molecular flexibility index (Phi) is 8.54. The van der Waals surface area contributed by atoms with Crippen LogP contribution in [0.2, 0.25) is 0 Å². The van der Waals surface area contributed by atoms with E-state index in [0.717, 1.165) is 35.5 Å². The molecular weight excluding hydrogens is 674 g/mol. The molecule has 1 heterocycles. The van der Waals surface area contributed by atoms with Crippen LogP contribution in [0.25, 0.3) is 6.08 Å². The van der Waals surface area contributed by atoms with Gasteiger partial charge in [0.25, 0.3) is 5.91 Å². The molecule has 3 aromatic carbocycles. The van der Waals surface area contributed by atoms with Crippen molar-refractivity contribution in [2.75, 3.05) is 6.61 Å². The summed E-state index contributed by atoms with van der Waals surface area (Å²) in [7, 11) is 0. The van der Waals surface area contributed by atoms with Crippen LogP contribution in [-0.4, -0.2) is 17.7 Å². The van der Waals surface area contributed by atoms with Crippen molar-refractivity contribution < 1.29 is 14.3 Å². The molecule has 0 aromatic heterocycles. The fraction of sp³-hybridized carbons (Fsp3) is 0.154. The number of thioether (sulfide) groups is 1. The molecule has 34 heavy (non-hydrogen) atoms. The van der Waals surface area contributed by atoms with Gasteiger partial charge in [0.05, 0.1) is 24.3 Å². The molecule has 1 fully saturated rings. The maximum Gasteiger partial charge on any atom is 0.264 e. The molecular formula is C26H22I2N2O3S. The van der Waals surface area contributed by atoms with Gasteiger partial charge in [-0.2, -0.15) is 0 Å². The Morgan fingerprint density at radius 2 is 1.68 bits per heavy atom. The zero-order valence-electron chi connectivity index (χ0n) is 18.6. The largest absolute Gasteiger partial charge is 0.494 e. The summed E-state index contributed by atoms with van der Waals surface area (Å²) in [4.78, 5) is 17.6. The van der Waals surface area contributed by atoms with Gasteiger partial charge in [0.2, 0.25) is 0 Å². The molecule has 1 N–H and O–H groups in total. The van der Waals surface area contributed by atoms with Gasteiger partial charge in [-0.25, -0.2) is 4.99 Å². The van der Waals surface area contributed by atoms with Crippen molar-refractivity contribution in [1.29, 1.82) is 0 Å². The van der Waals surface area contributed by atoms with Crippen LogP contribution in [0.1, 0.15) is 23.6 Å². The number of amidine groups is 1. The highest BCUT2D eigenvalue weighted by molar-refractivity contribution is 14.1. The topological polar surface area (TPSA) is 59.9 Å². The quantitative estimate of drug-likeness (QED) is 0.212. The van der Waals surface area contributed by atoms with Crippen molar-refractivity contribution in [3.63, 3.8) is 0 Å². The van der Waals surface area contributed by atoms with Crippen molar-refractivity contribution in [2.45, 2.75) is 20.5 Å². The minimum absolute atomic E-state index is 0.153. The normalized spacial score (nSPS) is 15.6. The van der Waals surface area contributed by atoms with E-state index in [-0.39, 0.29) is 5.91 Å². The number of ether oxygens (including phenoxy) is 2. The average Bonchev–Trinajstić information content (AvgIpc) is 3.14. The lowest BCUT2D eigenvalue weighted by molar-refractivity contribution is -0.115. The molecule has 174 valence electrons. The van der Waals surface area contributed by atoms with Crippen LogP contribution in [0.5, 0.6) is 11.5 Å². The summed E-state index contributed by atoms with van der Waals surface area (Å²) in [5.74, 6) is 1.50. The van der Waals surface area contributed by atoms with Crippen molar-refractivity contribution >= 4 is 79.8 Å². The van der Waals surface area contributed by atoms with Crippen LogP contribution in [0, 0.1) is 14.1 Å². The summed E-state index contributed by atoms with van der Waals surface area (Å²) in [5, 5.41) is 3.40. The number of amides is 1. The molecule has 1 aliphatic heterocycles. The van der Waals surface area contributed by atoms with E-state index in [2.05, 4.69) is 86.7 Å². The number of nitrogens with zero attached hydrogens (tertiary/aromatic N) is 1. The van der Waals surface area contributed by atoms with Crippen molar-refractivity contribution in [2.24, 2.45) is 4.99 Å². The van der Waals surface area contributed by atoms with Crippen LogP contribution in [0.15, 0.2) is 70.6 Å². The predicted octanol–water partition coefficient (Wildman–Crippen LogP) is 7.07. The lowest BCUT2D eigenvalue weighted by Gasteiger charge is -2.12. The van der Waals surface area contributed by atoms with Gasteiger partial charge in [0.1, 0.15) is 18.1 Å². The summed E-state index contributed by atoms with van der Waals surface area (Å²) >= 11 is 5.89. The van der Waals surface area contributed by atoms with Crippen molar-refractivity contribution in [3.05, 3.63) is 89.4 Å². The molecule has 1 saturated heterocycles. The van der Waals surface area contributed by atoms with E-state index in [9.17, 15) is 4.79 Å². The maximum atomic E-state index is 12.5. The number of benzene rings is 3. The second-order valence-electron chi connectivity index (χ2n) is 7.50. The lowest BCUT2D eigenvalue weighted by atomic mass is 10.1. The van der Waals surface area contributed by atoms with Gasteiger partial charge in [-0.05, 0) is 124 Å². The summed E-state index contributed by atoms with van der Waals surface area (Å²) in [6.07, 6.45) is 1.88. The first-order valence-corrected chi connectivity index (χ1v) is 13.6. The molecule has 0 aliphatic carbocycles. The Morgan fingerprint density at radius 1 is 1.00 bits per heavy atom. The first kappa shape index (κ1) is 25.1. The predicted molar refractivity (Wildman–Crippen MR) is 156 cm³/mol. The van der Waals surface area contributed by atoms with Gasteiger partial charge in [-0.3, -0.25) is 4.79 Å². The van der Waals surface area contributed by atoms with Crippen molar-refractivity contribution in [1.82, 2.24) is 5.32 Å². The molecule has 0 spiro atoms. The van der Waals surface area contributed by atoms with E-state index in [0.29, 0.717) is 23.3 Å². The standard InChI is InChI=1S/C26H22I2N2O3S/c1-3-32-20-10-8-19(9-11-20)29-26-30-25(31)23(34-26)14-18-12-21(27)24(22(28)13-18)33-15-17-6-4-16(2)5-7-17/h4-14H,3,15H2,1-2H3,(H,29,30,31)/b23-14+. The van der Waals surface area contributed by atoms with E-state index in [1.54, 1.807) is 0 Å². The summed E-state index contributed by atoms with van der Waals surface area (Å²) in [6.45, 7) is 5.14. The number of halogens is 2. The lowest BCUT2D eigenvalue weighted by Crippen LogP contribution is -2.19. The zero-order valence-corrected chi connectivity index (χ0v) is 23.7. The molecule has 8 heteroatoms. The van der Waals surface area contributed by atoms with Gasteiger partial charge in [0.15, 0.2) is 5.17 Å². The Labute approximate surface area is 230 Å². The van der Waals surface area contributed by atoms with Crippen LogP contribution in [0.4, 0.5) is 5.69 Å². The van der Waals surface area contributed by atoms with E-state index >= 15 is 0 Å². The Morgan fingerprint density at radius 3 is 2.32 bits per heavy atom. The fourth-order valence-electron chi connectivity index (χ4n) is 3.17. The molecule has 5 nitrogen and oxygen atoms in total. The van der Waals surface area contributed by atoms with Crippen LogP contribution < -0.4 is 14.8 Å². The zero-order chi connectivity index (χ0) is 24.1. The summed E-state index contributed by atoms with van der Waals surface area (Å²) in [6, 6.07) is 19.8. The van der Waals surface area contributed by atoms with Crippen LogP contribution in [-0.2, 0) is 11.4 Å². The van der Waals surface area contributed by atoms with Crippen LogP contribution >= 0.6 is 56.9 Å². The molecule has 0 radical (unpaired) electrons. The highest BCUT2D eigenvalue weighted by Crippen LogP contribution is 2.33. The fourth-order valence-corrected chi connectivity index (χ4v) is 6.14. The third-order valence-corrected chi connectivity index (χ3v) is 7.36. The number of aliphatic imine (C=N–C) groups is 1. The number of aryl methyl sites for hydroxylation is 1. The molecule has 0 unspecified atom stereocenters. The minimum Gasteiger partial charge on any atom is -0.494 e. The van der Waals surface area contributed by atoms with E-state index in [1.165, 1.54) is 17.3 Å². The Balaban J connectivity index is 1.46. The second kappa shape index (κ2) is 11.6. The molecule has 0 saturated carbocycles. The number of rotatable bonds is 7. The van der Waals surface area contributed by atoms with Gasteiger partial charge >= 0.3 is 0 Å². The molecule has 4 rings (SSSR count). The van der Waals surface area contributed by atoms with Gasteiger partial charge in [0, 0.05) is 0 Å². The molecule has 0 atom stereocenters. The second-order valence-corrected chi connectivity index (χ2v) is 10.9. The number of carbonyl (C=O) groups is 1. The van der Waals surface area contributed by atoms with E-state index in [1.807, 2.05) is 49.4 Å². The third kappa shape index (κ3) is 6.54. The smallest absolute Gasteiger partial charge is 0.264 e. The maximum absolute atomic E-state index is 12.5. The average molecular weight is 696 g/mol. The highest BCUT2D eigenvalue weighted by Gasteiger charge is 2.24. The Bertz CT molecular complexity index is 1230. The van der Waals surface area contributed by atoms with Gasteiger partial charge < -0.3 is 14.8 Å². The summed E-state index contributed by atoms with van der Waals surface area (Å²) < 4.78 is 13.5. The van der Waals surface area contributed by atoms with Gasteiger partial charge in [-0.15, -0.1) is 0 Å². The van der Waals surface area contributed by atoms with Crippen LogP contribution in [0.3, 0.4) is 0 Å². The molecule has 1 amide bonds. The Hall–Kier alpha value is -2.05. The number of hydrogen-bond donors (Lipinski definition) is 1. The number of hydrogen-bond acceptors (Lipinski definition) is 5. The first-order valence-electron chi connectivity index (χ1n) is 10.6. The van der Waals surface area contributed by atoms with Crippen molar-refractivity contribution in [3.8, 4) is 11.5 Å². The first-order chi connectivity index (χ1) is 16.4. The minimum atomic E-state index is -0.153. The van der Waals surface area contributed by atoms with E-state index in [4.69, 9.17) is 9.47 Å². The highest BCUT2D eigenvalue weighted by atomic mass is 127. The monoisotopic (exact) mass is 696 g/mol. The third-order valence-electron chi connectivity index (χ3n) is 4.85. The number of carbonyl (C=O) groups excluding carboxylic acids is 1. The van der Waals surface area contributed by atoms with Gasteiger partial charge in [-0.1, -0.05) is 29.8 Å². The SMILES string of the molecule is CCOc1ccc(N=C2NC(=O)/C(=C\c3cc(I)c(OCc4ccc(C)cc4)c(I)c3)S2)cc1. The molecule has 0 bridgehead atoms. The molecule has 3 aromatic rings. The van der Waals surface area contributed by atoms with E-state index < -0.39 is 0 Å².